The van der Waals surface area contributed by atoms with Gasteiger partial charge in [0, 0.05) is 35.0 Å². The maximum absolute atomic E-state index is 10.1. The number of benzene rings is 6. The van der Waals surface area contributed by atoms with E-state index in [2.05, 4.69) is 94.7 Å². The van der Waals surface area contributed by atoms with Gasteiger partial charge >= 0.3 is 0 Å². The Morgan fingerprint density at radius 2 is 0.921 bits per heavy atom. The molecule has 2 heterocycles. The van der Waals surface area contributed by atoms with Gasteiger partial charge in [-0.1, -0.05) is 72.8 Å². The van der Waals surface area contributed by atoms with Gasteiger partial charge < -0.3 is 9.80 Å². The van der Waals surface area contributed by atoms with Gasteiger partial charge in [-0.25, -0.2) is 0 Å². The van der Waals surface area contributed by atoms with E-state index in [-0.39, 0.29) is 12.1 Å². The molecule has 6 aromatic rings. The zero-order valence-corrected chi connectivity index (χ0v) is 20.6. The molecule has 6 aromatic carbocycles. The molecule has 0 saturated heterocycles. The van der Waals surface area contributed by atoms with Crippen molar-refractivity contribution in [1.82, 2.24) is 0 Å². The highest BCUT2D eigenvalue weighted by Gasteiger charge is 2.33. The molecule has 0 saturated carbocycles. The van der Waals surface area contributed by atoms with Crippen LogP contribution in [0.3, 0.4) is 0 Å². The minimum Gasteiger partial charge on any atom is -0.324 e. The van der Waals surface area contributed by atoms with Gasteiger partial charge in [-0.3, -0.25) is 0 Å². The average molecular weight is 487 g/mol. The second-order valence-corrected chi connectivity index (χ2v) is 10.3. The fourth-order valence-electron chi connectivity index (χ4n) is 6.76. The number of anilines is 4. The summed E-state index contributed by atoms with van der Waals surface area (Å²) in [6.45, 7) is 0. The molecule has 0 spiro atoms. The second-order valence-electron chi connectivity index (χ2n) is 10.3. The van der Waals surface area contributed by atoms with E-state index < -0.39 is 0 Å². The number of hydrogen-bond acceptors (Lipinski definition) is 4. The van der Waals surface area contributed by atoms with Gasteiger partial charge in [0.2, 0.25) is 0 Å². The van der Waals surface area contributed by atoms with Crippen molar-refractivity contribution in [2.75, 3.05) is 9.80 Å². The van der Waals surface area contributed by atoms with Crippen molar-refractivity contribution in [3.05, 3.63) is 108 Å². The Hall–Kier alpha value is -5.06. The van der Waals surface area contributed by atoms with Crippen LogP contribution < -0.4 is 9.80 Å². The first-order chi connectivity index (χ1) is 18.8. The van der Waals surface area contributed by atoms with Crippen molar-refractivity contribution in [2.24, 2.45) is 0 Å². The van der Waals surface area contributed by atoms with E-state index in [1.165, 1.54) is 32.7 Å². The monoisotopic (exact) mass is 486 g/mol. The van der Waals surface area contributed by atoms with Gasteiger partial charge in [0.05, 0.1) is 23.5 Å². The maximum Gasteiger partial charge on any atom is 0.125 e. The molecule has 8 rings (SSSR count). The average Bonchev–Trinajstić information content (AvgIpc) is 3.54. The third-order valence-corrected chi connectivity index (χ3v) is 8.39. The largest absolute Gasteiger partial charge is 0.324 e. The Morgan fingerprint density at radius 3 is 1.37 bits per heavy atom. The first kappa shape index (κ1) is 21.1. The molecule has 2 unspecified atom stereocenters. The van der Waals surface area contributed by atoms with E-state index in [1.807, 2.05) is 24.3 Å². The summed E-state index contributed by atoms with van der Waals surface area (Å²) < 4.78 is 0. The molecule has 2 aliphatic rings. The highest BCUT2D eigenvalue weighted by atomic mass is 15.2. The van der Waals surface area contributed by atoms with Crippen molar-refractivity contribution in [2.45, 2.75) is 24.9 Å². The van der Waals surface area contributed by atoms with E-state index in [9.17, 15) is 10.5 Å². The molecule has 178 valence electrons. The first-order valence-electron chi connectivity index (χ1n) is 13.0. The van der Waals surface area contributed by atoms with Crippen molar-refractivity contribution in [3.63, 3.8) is 0 Å². The molecule has 0 aliphatic carbocycles. The van der Waals surface area contributed by atoms with Gasteiger partial charge in [0.15, 0.2) is 0 Å². The molecular formula is C34H22N4. The lowest BCUT2D eigenvalue weighted by molar-refractivity contribution is 0.849. The van der Waals surface area contributed by atoms with Crippen molar-refractivity contribution in [3.8, 4) is 12.1 Å². The van der Waals surface area contributed by atoms with Gasteiger partial charge in [-0.2, -0.15) is 10.5 Å². The molecular weight excluding hydrogens is 464 g/mol. The molecule has 4 nitrogen and oxygen atoms in total. The summed E-state index contributed by atoms with van der Waals surface area (Å²) in [4.78, 5) is 4.43. The highest BCUT2D eigenvalue weighted by Crippen LogP contribution is 2.48. The maximum atomic E-state index is 10.1. The molecule has 0 amide bonds. The van der Waals surface area contributed by atoms with Crippen LogP contribution in [-0.2, 0) is 12.8 Å². The molecule has 0 fully saturated rings. The second kappa shape index (κ2) is 7.72. The number of fused-ring (bicyclic) bond motifs is 2. The highest BCUT2D eigenvalue weighted by molar-refractivity contribution is 6.27. The summed E-state index contributed by atoms with van der Waals surface area (Å²) in [5.74, 6) is 0. The molecule has 0 radical (unpaired) electrons. The molecule has 2 aliphatic heterocycles. The van der Waals surface area contributed by atoms with Crippen molar-refractivity contribution in [1.29, 1.82) is 10.5 Å². The number of rotatable bonds is 2. The van der Waals surface area contributed by atoms with E-state index in [1.54, 1.807) is 0 Å². The minimum absolute atomic E-state index is 0.237. The van der Waals surface area contributed by atoms with Crippen molar-refractivity contribution >= 4 is 55.1 Å². The molecule has 0 bridgehead atoms. The fourth-order valence-corrected chi connectivity index (χ4v) is 6.76. The van der Waals surface area contributed by atoms with E-state index in [0.717, 1.165) is 46.4 Å². The van der Waals surface area contributed by atoms with Gasteiger partial charge in [-0.05, 0) is 56.9 Å². The van der Waals surface area contributed by atoms with Crippen LogP contribution in [0.1, 0.15) is 11.1 Å². The number of nitrogens with zero attached hydrogens (tertiary/aromatic N) is 4. The lowest BCUT2D eigenvalue weighted by Gasteiger charge is -2.28. The Morgan fingerprint density at radius 1 is 0.500 bits per heavy atom. The predicted molar refractivity (Wildman–Crippen MR) is 154 cm³/mol. The van der Waals surface area contributed by atoms with Crippen LogP contribution in [0, 0.1) is 22.7 Å². The Bertz CT molecular complexity index is 1850. The lowest BCUT2D eigenvalue weighted by atomic mass is 9.92. The number of para-hydroxylation sites is 2. The van der Waals surface area contributed by atoms with Gasteiger partial charge in [0.1, 0.15) is 12.1 Å². The number of hydrogen-bond donors (Lipinski definition) is 0. The van der Waals surface area contributed by atoms with Crippen LogP contribution in [0.4, 0.5) is 22.7 Å². The third kappa shape index (κ3) is 2.72. The smallest absolute Gasteiger partial charge is 0.125 e. The van der Waals surface area contributed by atoms with Crippen LogP contribution in [-0.4, -0.2) is 12.1 Å². The fraction of sp³-hybridized carbons (Fsp3) is 0.118. The summed E-state index contributed by atoms with van der Waals surface area (Å²) in [5, 5.41) is 27.2. The van der Waals surface area contributed by atoms with Crippen LogP contribution in [0.2, 0.25) is 0 Å². The summed E-state index contributed by atoms with van der Waals surface area (Å²) in [6, 6.07) is 38.8. The molecule has 4 heteroatoms. The minimum atomic E-state index is -0.237. The van der Waals surface area contributed by atoms with Crippen LogP contribution >= 0.6 is 0 Å². The SMILES string of the molecule is N#CC1Cc2ccccc2N1c1ccc2ccc3c(N4c5ccccc5CC4C#N)ccc4ccc1c2c43. The van der Waals surface area contributed by atoms with E-state index in [0.29, 0.717) is 0 Å². The number of nitriles is 2. The summed E-state index contributed by atoms with van der Waals surface area (Å²) >= 11 is 0. The molecule has 0 aromatic heterocycles. The third-order valence-electron chi connectivity index (χ3n) is 8.39. The molecule has 38 heavy (non-hydrogen) atoms. The summed E-state index contributed by atoms with van der Waals surface area (Å²) in [7, 11) is 0. The summed E-state index contributed by atoms with van der Waals surface area (Å²) in [6.07, 6.45) is 1.45. The molecule has 0 N–H and O–H groups in total. The zero-order valence-electron chi connectivity index (χ0n) is 20.6. The Balaban J connectivity index is 1.41. The Kier molecular flexibility index (Phi) is 4.28. The normalized spacial score (nSPS) is 18.2. The zero-order chi connectivity index (χ0) is 25.4. The van der Waals surface area contributed by atoms with Crippen LogP contribution in [0.25, 0.3) is 32.3 Å². The van der Waals surface area contributed by atoms with Crippen LogP contribution in [0.5, 0.6) is 0 Å². The predicted octanol–water partition coefficient (Wildman–Crippen LogP) is 7.76. The lowest BCUT2D eigenvalue weighted by Crippen LogP contribution is -2.26. The molecule has 2 atom stereocenters. The Labute approximate surface area is 220 Å². The quantitative estimate of drug-likeness (QED) is 0.235. The topological polar surface area (TPSA) is 54.1 Å². The van der Waals surface area contributed by atoms with Crippen molar-refractivity contribution < 1.29 is 0 Å². The van der Waals surface area contributed by atoms with E-state index in [4.69, 9.17) is 0 Å². The standard InChI is InChI=1S/C34H22N4/c35-19-25-17-23-5-1-3-7-29(23)37(25)31-15-11-21-10-14-28-32(16-12-22-9-13-27(31)33(21)34(22)28)38-26(20-36)18-24-6-2-4-8-30(24)38/h1-16,25-26H,17-18H2. The van der Waals surface area contributed by atoms with Gasteiger partial charge in [-0.15, -0.1) is 0 Å². The first-order valence-corrected chi connectivity index (χ1v) is 13.0. The summed E-state index contributed by atoms with van der Waals surface area (Å²) in [5.41, 5.74) is 6.77. The van der Waals surface area contributed by atoms with Gasteiger partial charge in [0.25, 0.3) is 0 Å². The van der Waals surface area contributed by atoms with E-state index >= 15 is 0 Å². The van der Waals surface area contributed by atoms with Crippen LogP contribution in [0.15, 0.2) is 97.1 Å².